The van der Waals surface area contributed by atoms with Crippen molar-refractivity contribution in [3.05, 3.63) is 34.8 Å². The van der Waals surface area contributed by atoms with Crippen LogP contribution in [-0.2, 0) is 13.0 Å². The third kappa shape index (κ3) is 4.61. The molecule has 3 rings (SSSR count). The molecule has 2 heterocycles. The molecule has 8 heteroatoms. The van der Waals surface area contributed by atoms with Crippen LogP contribution in [0.15, 0.2) is 24.3 Å². The van der Waals surface area contributed by atoms with Gasteiger partial charge in [0.15, 0.2) is 23.4 Å². The number of rotatable bonds is 6. The van der Waals surface area contributed by atoms with E-state index >= 15 is 0 Å². The average Bonchev–Trinajstić information content (AvgIpc) is 2.98. The zero-order valence-electron chi connectivity index (χ0n) is 14.4. The van der Waals surface area contributed by atoms with Gasteiger partial charge < -0.3 is 19.7 Å². The molecule has 0 spiro atoms. The minimum Gasteiger partial charge on any atom is -0.490 e. The summed E-state index contributed by atoms with van der Waals surface area (Å²) in [5, 5.41) is 6.05. The smallest absolute Gasteiger partial charge is 0.323 e. The van der Waals surface area contributed by atoms with Gasteiger partial charge >= 0.3 is 6.03 Å². The number of carbonyl (C=O) groups is 1. The molecule has 2 aromatic rings. The quantitative estimate of drug-likeness (QED) is 0.773. The van der Waals surface area contributed by atoms with E-state index in [9.17, 15) is 4.79 Å². The van der Waals surface area contributed by atoms with Crippen molar-refractivity contribution in [3.63, 3.8) is 0 Å². The lowest BCUT2D eigenvalue weighted by Gasteiger charge is -2.20. The number of hydrogen-bond donors (Lipinski definition) is 2. The van der Waals surface area contributed by atoms with Crippen molar-refractivity contribution in [2.45, 2.75) is 19.9 Å². The molecule has 1 aromatic heterocycles. The largest absolute Gasteiger partial charge is 0.490 e. The Balaban J connectivity index is 1.49. The van der Waals surface area contributed by atoms with Crippen LogP contribution in [-0.4, -0.2) is 42.8 Å². The maximum absolute atomic E-state index is 12.0. The highest BCUT2D eigenvalue weighted by Crippen LogP contribution is 2.28. The van der Waals surface area contributed by atoms with E-state index in [-0.39, 0.29) is 12.8 Å². The Bertz CT molecular complexity index is 734. The second kappa shape index (κ2) is 8.17. The highest BCUT2D eigenvalue weighted by molar-refractivity contribution is 7.15. The van der Waals surface area contributed by atoms with Crippen molar-refractivity contribution in [3.8, 4) is 11.5 Å². The number of urea groups is 1. The van der Waals surface area contributed by atoms with Crippen LogP contribution in [0.2, 0.25) is 0 Å². The Kier molecular flexibility index (Phi) is 5.72. The van der Waals surface area contributed by atoms with Gasteiger partial charge in [-0.25, -0.2) is 9.78 Å². The number of nitrogens with zero attached hydrogens (tertiary/aromatic N) is 2. The molecule has 0 radical (unpaired) electrons. The van der Waals surface area contributed by atoms with Gasteiger partial charge in [-0.1, -0.05) is 12.1 Å². The highest BCUT2D eigenvalue weighted by Gasteiger charge is 2.19. The first-order chi connectivity index (χ1) is 12.2. The Morgan fingerprint density at radius 1 is 1.32 bits per heavy atom. The van der Waals surface area contributed by atoms with E-state index in [1.807, 2.05) is 25.1 Å². The number of benzene rings is 1. The Morgan fingerprint density at radius 3 is 2.84 bits per heavy atom. The number of hydrogen-bond acceptors (Lipinski definition) is 6. The zero-order valence-corrected chi connectivity index (χ0v) is 15.2. The molecule has 1 aliphatic rings. The fourth-order valence-corrected chi connectivity index (χ4v) is 3.62. The number of carbonyl (C=O) groups excluding carboxylic acids is 1. The molecule has 0 atom stereocenters. The van der Waals surface area contributed by atoms with Crippen LogP contribution in [0.25, 0.3) is 0 Å². The molecule has 0 unspecified atom stereocenters. The van der Waals surface area contributed by atoms with Crippen LogP contribution in [0.5, 0.6) is 11.5 Å². The minimum atomic E-state index is -0.339. The van der Waals surface area contributed by atoms with Crippen molar-refractivity contribution in [2.75, 3.05) is 32.2 Å². The van der Waals surface area contributed by atoms with Crippen LogP contribution >= 0.6 is 11.3 Å². The Labute approximate surface area is 151 Å². The number of thiazole rings is 1. The molecule has 2 N–H and O–H groups in total. The summed E-state index contributed by atoms with van der Waals surface area (Å²) < 4.78 is 11.1. The number of nitrogens with one attached hydrogen (secondary N) is 2. The number of ether oxygens (including phenoxy) is 2. The van der Waals surface area contributed by atoms with Crippen molar-refractivity contribution < 1.29 is 14.3 Å². The molecule has 1 aromatic carbocycles. The van der Waals surface area contributed by atoms with Gasteiger partial charge in [-0.05, 0) is 26.1 Å². The summed E-state index contributed by atoms with van der Waals surface area (Å²) in [4.78, 5) is 20.0. The number of para-hydroxylation sites is 2. The number of amides is 2. The van der Waals surface area contributed by atoms with Crippen molar-refractivity contribution in [1.29, 1.82) is 0 Å². The number of fused-ring (bicyclic) bond motifs is 1. The molecule has 2 amide bonds. The summed E-state index contributed by atoms with van der Waals surface area (Å²) in [7, 11) is 2.08. The third-order valence-electron chi connectivity index (χ3n) is 3.75. The monoisotopic (exact) mass is 362 g/mol. The maximum atomic E-state index is 12.0. The molecule has 0 saturated carbocycles. The van der Waals surface area contributed by atoms with Gasteiger partial charge in [0.25, 0.3) is 0 Å². The van der Waals surface area contributed by atoms with E-state index < -0.39 is 0 Å². The molecule has 134 valence electrons. The first kappa shape index (κ1) is 17.5. The van der Waals surface area contributed by atoms with Crippen LogP contribution in [0.4, 0.5) is 9.93 Å². The number of aromatic nitrogens is 1. The predicted octanol–water partition coefficient (Wildman–Crippen LogP) is 2.69. The van der Waals surface area contributed by atoms with E-state index in [0.29, 0.717) is 23.2 Å². The average molecular weight is 362 g/mol. The van der Waals surface area contributed by atoms with Gasteiger partial charge in [0, 0.05) is 24.4 Å². The highest BCUT2D eigenvalue weighted by atomic mass is 32.1. The lowest BCUT2D eigenvalue weighted by atomic mass is 10.2. The fourth-order valence-electron chi connectivity index (χ4n) is 2.54. The molecule has 0 saturated heterocycles. The van der Waals surface area contributed by atoms with Crippen molar-refractivity contribution >= 4 is 22.5 Å². The SMILES string of the molecule is CCOc1ccccc1OCNC(=O)Nc1nc2c(s1)CN(C)CC2. The van der Waals surface area contributed by atoms with E-state index in [4.69, 9.17) is 9.47 Å². The molecule has 25 heavy (non-hydrogen) atoms. The minimum absolute atomic E-state index is 0.0454. The van der Waals surface area contributed by atoms with E-state index in [0.717, 1.165) is 25.2 Å². The van der Waals surface area contributed by atoms with E-state index in [2.05, 4.69) is 27.6 Å². The van der Waals surface area contributed by atoms with E-state index in [1.54, 1.807) is 6.07 Å². The summed E-state index contributed by atoms with van der Waals surface area (Å²) in [6.07, 6.45) is 0.920. The summed E-state index contributed by atoms with van der Waals surface area (Å²) in [5.74, 6) is 1.25. The predicted molar refractivity (Wildman–Crippen MR) is 97.4 cm³/mol. The summed E-state index contributed by atoms with van der Waals surface area (Å²) in [6.45, 7) is 4.39. The standard InChI is InChI=1S/C17H22N4O3S/c1-3-23-13-6-4-5-7-14(13)24-11-18-16(22)20-17-19-12-8-9-21(2)10-15(12)25-17/h4-7H,3,8-11H2,1-2H3,(H2,18,19,20,22). The van der Waals surface area contributed by atoms with Crippen LogP contribution < -0.4 is 20.1 Å². The third-order valence-corrected chi connectivity index (χ3v) is 4.75. The molecular formula is C17H22N4O3S. The van der Waals surface area contributed by atoms with Gasteiger partial charge in [-0.3, -0.25) is 5.32 Å². The molecule has 0 bridgehead atoms. The lowest BCUT2D eigenvalue weighted by Crippen LogP contribution is -2.32. The van der Waals surface area contributed by atoms with Crippen molar-refractivity contribution in [2.24, 2.45) is 0 Å². The van der Waals surface area contributed by atoms with Crippen LogP contribution in [0.3, 0.4) is 0 Å². The summed E-state index contributed by atoms with van der Waals surface area (Å²) >= 11 is 1.52. The zero-order chi connectivity index (χ0) is 17.6. The summed E-state index contributed by atoms with van der Waals surface area (Å²) in [5.41, 5.74) is 1.08. The first-order valence-electron chi connectivity index (χ1n) is 8.22. The second-order valence-corrected chi connectivity index (χ2v) is 6.76. The molecule has 0 fully saturated rings. The lowest BCUT2D eigenvalue weighted by molar-refractivity contribution is 0.229. The first-order valence-corrected chi connectivity index (χ1v) is 9.04. The number of anilines is 1. The van der Waals surface area contributed by atoms with Gasteiger partial charge in [-0.2, -0.15) is 0 Å². The molecule has 0 aliphatic carbocycles. The van der Waals surface area contributed by atoms with Gasteiger partial charge in [0.2, 0.25) is 0 Å². The van der Waals surface area contributed by atoms with Gasteiger partial charge in [-0.15, -0.1) is 11.3 Å². The summed E-state index contributed by atoms with van der Waals surface area (Å²) in [6, 6.07) is 7.02. The van der Waals surface area contributed by atoms with Gasteiger partial charge in [0.05, 0.1) is 12.3 Å². The Morgan fingerprint density at radius 2 is 2.08 bits per heavy atom. The Hall–Kier alpha value is -2.32. The van der Waals surface area contributed by atoms with Gasteiger partial charge in [0.1, 0.15) is 0 Å². The molecule has 7 nitrogen and oxygen atoms in total. The second-order valence-electron chi connectivity index (χ2n) is 5.68. The number of likely N-dealkylation sites (N-methyl/N-ethyl adjacent to an activating group) is 1. The van der Waals surface area contributed by atoms with Crippen LogP contribution in [0, 0.1) is 0 Å². The normalized spacial score (nSPS) is 13.8. The maximum Gasteiger partial charge on any atom is 0.323 e. The topological polar surface area (TPSA) is 75.7 Å². The molecule has 1 aliphatic heterocycles. The molecular weight excluding hydrogens is 340 g/mol. The van der Waals surface area contributed by atoms with Crippen molar-refractivity contribution in [1.82, 2.24) is 15.2 Å². The van der Waals surface area contributed by atoms with Crippen LogP contribution in [0.1, 0.15) is 17.5 Å². The van der Waals surface area contributed by atoms with E-state index in [1.165, 1.54) is 16.2 Å². The fraction of sp³-hybridized carbons (Fsp3) is 0.412.